The normalized spacial score (nSPS) is 36.0. The minimum atomic E-state index is 0.911. The fourth-order valence-corrected chi connectivity index (χ4v) is 2.12. The van der Waals surface area contributed by atoms with Crippen LogP contribution in [0.4, 0.5) is 0 Å². The van der Waals surface area contributed by atoms with Gasteiger partial charge in [-0.1, -0.05) is 0 Å². The van der Waals surface area contributed by atoms with Gasteiger partial charge in [-0.3, -0.25) is 4.90 Å². The monoisotopic (exact) mass is 194 g/mol. The van der Waals surface area contributed by atoms with Gasteiger partial charge >= 0.3 is 0 Å². The highest BCUT2D eigenvalue weighted by Gasteiger charge is 2.35. The zero-order valence-corrected chi connectivity index (χ0v) is 9.04. The first-order chi connectivity index (χ1) is 6.97. The summed E-state index contributed by atoms with van der Waals surface area (Å²) in [5.74, 6) is 0. The molecule has 3 aliphatic heterocycles. The van der Waals surface area contributed by atoms with E-state index in [-0.39, 0.29) is 0 Å². The molecule has 0 bridgehead atoms. The van der Waals surface area contributed by atoms with Crippen LogP contribution >= 0.6 is 0 Å². The van der Waals surface area contributed by atoms with Crippen molar-refractivity contribution in [2.24, 2.45) is 0 Å². The van der Waals surface area contributed by atoms with Gasteiger partial charge in [-0.15, -0.1) is 0 Å². The molecular formula is C12H22N2. The van der Waals surface area contributed by atoms with Crippen molar-refractivity contribution in [3.63, 3.8) is 0 Å². The molecule has 3 heterocycles. The molecule has 0 spiro atoms. The van der Waals surface area contributed by atoms with Crippen LogP contribution in [0, 0.1) is 12.8 Å². The number of hydrogen-bond acceptors (Lipinski definition) is 2. The molecule has 3 saturated heterocycles. The van der Waals surface area contributed by atoms with E-state index in [1.165, 1.54) is 58.3 Å². The van der Waals surface area contributed by atoms with E-state index in [0.29, 0.717) is 0 Å². The lowest BCUT2D eigenvalue weighted by Crippen LogP contribution is -2.13. The zero-order chi connectivity index (χ0) is 9.64. The fraction of sp³-hybridized carbons (Fsp3) is 0.833. The summed E-state index contributed by atoms with van der Waals surface area (Å²) in [6.45, 7) is 5.14. The van der Waals surface area contributed by atoms with Crippen LogP contribution in [0.25, 0.3) is 0 Å². The van der Waals surface area contributed by atoms with Gasteiger partial charge in [-0.05, 0) is 64.6 Å². The molecule has 2 nitrogen and oxygen atoms in total. The highest BCUT2D eigenvalue weighted by atomic mass is 15.3. The van der Waals surface area contributed by atoms with E-state index in [1.54, 1.807) is 0 Å². The quantitative estimate of drug-likeness (QED) is 0.590. The van der Waals surface area contributed by atoms with Crippen LogP contribution in [-0.4, -0.2) is 37.1 Å². The first-order valence-electron chi connectivity index (χ1n) is 6.06. The van der Waals surface area contributed by atoms with Gasteiger partial charge in [0.25, 0.3) is 0 Å². The number of fused-ring (bicyclic) bond motifs is 1. The average Bonchev–Trinajstić information content (AvgIpc) is 3.04. The first kappa shape index (κ1) is 10.4. The molecule has 0 amide bonds. The van der Waals surface area contributed by atoms with Crippen molar-refractivity contribution in [2.45, 2.75) is 38.1 Å². The van der Waals surface area contributed by atoms with Crippen molar-refractivity contribution in [2.75, 3.05) is 26.2 Å². The Hall–Kier alpha value is -0.0800. The maximum atomic E-state index is 3.32. The highest BCUT2D eigenvalue weighted by Crippen LogP contribution is 2.26. The van der Waals surface area contributed by atoms with E-state index in [9.17, 15) is 0 Å². The SMILES string of the molecule is [CH]1CCCN2CC12.[CH]1CCCNCC1. The minimum absolute atomic E-state index is 0.911. The second-order valence-corrected chi connectivity index (χ2v) is 4.41. The first-order valence-corrected chi connectivity index (χ1v) is 6.06. The van der Waals surface area contributed by atoms with E-state index in [4.69, 9.17) is 0 Å². The molecule has 3 aliphatic rings. The lowest BCUT2D eigenvalue weighted by atomic mass is 10.1. The Morgan fingerprint density at radius 1 is 1.07 bits per heavy atom. The van der Waals surface area contributed by atoms with Gasteiger partial charge in [0.1, 0.15) is 0 Å². The third-order valence-corrected chi connectivity index (χ3v) is 3.13. The summed E-state index contributed by atoms with van der Waals surface area (Å²) in [4.78, 5) is 2.50. The van der Waals surface area contributed by atoms with Crippen molar-refractivity contribution >= 4 is 0 Å². The summed E-state index contributed by atoms with van der Waals surface area (Å²) < 4.78 is 0. The molecule has 1 N–H and O–H groups in total. The molecule has 2 unspecified atom stereocenters. The molecule has 2 atom stereocenters. The molecule has 0 aliphatic carbocycles. The molecule has 2 radical (unpaired) electrons. The maximum absolute atomic E-state index is 3.32. The van der Waals surface area contributed by atoms with Crippen LogP contribution in [0.2, 0.25) is 0 Å². The molecule has 0 aromatic rings. The van der Waals surface area contributed by atoms with E-state index in [2.05, 4.69) is 23.1 Å². The molecule has 3 rings (SSSR count). The van der Waals surface area contributed by atoms with Crippen LogP contribution in [0.15, 0.2) is 0 Å². The Labute approximate surface area is 88.1 Å². The Morgan fingerprint density at radius 3 is 2.86 bits per heavy atom. The Bertz CT molecular complexity index is 129. The topological polar surface area (TPSA) is 15.0 Å². The summed E-state index contributed by atoms with van der Waals surface area (Å²) in [6, 6.07) is 0.911. The molecule has 0 aromatic heterocycles. The largest absolute Gasteiger partial charge is 0.317 e. The van der Waals surface area contributed by atoms with Crippen LogP contribution in [0.3, 0.4) is 0 Å². The molecule has 14 heavy (non-hydrogen) atoms. The third kappa shape index (κ3) is 3.58. The van der Waals surface area contributed by atoms with Crippen molar-refractivity contribution in [3.05, 3.63) is 12.8 Å². The van der Waals surface area contributed by atoms with E-state index in [1.807, 2.05) is 0 Å². The van der Waals surface area contributed by atoms with Crippen molar-refractivity contribution in [1.29, 1.82) is 0 Å². The van der Waals surface area contributed by atoms with Crippen LogP contribution < -0.4 is 5.32 Å². The molecular weight excluding hydrogens is 172 g/mol. The number of nitrogens with one attached hydrogen (secondary N) is 1. The fourth-order valence-electron chi connectivity index (χ4n) is 2.12. The second kappa shape index (κ2) is 5.72. The van der Waals surface area contributed by atoms with Crippen molar-refractivity contribution < 1.29 is 0 Å². The Kier molecular flexibility index (Phi) is 4.26. The van der Waals surface area contributed by atoms with Crippen LogP contribution in [0.1, 0.15) is 32.1 Å². The van der Waals surface area contributed by atoms with Gasteiger partial charge in [-0.2, -0.15) is 0 Å². The standard InChI is InChI=1S/C6H10N.C6H12N/c1-2-4-7-5-6(7)3-1;1-2-4-6-7-5-3-1/h3,6H,1-2,4-5H2;1,7H,2-6H2. The number of hydrogen-bond donors (Lipinski definition) is 1. The smallest absolute Gasteiger partial charge is 0.0255 e. The van der Waals surface area contributed by atoms with Gasteiger partial charge in [0, 0.05) is 12.6 Å². The van der Waals surface area contributed by atoms with Gasteiger partial charge in [0.05, 0.1) is 0 Å². The van der Waals surface area contributed by atoms with E-state index < -0.39 is 0 Å². The lowest BCUT2D eigenvalue weighted by molar-refractivity contribution is 0.461. The van der Waals surface area contributed by atoms with E-state index >= 15 is 0 Å². The number of nitrogens with zero attached hydrogens (tertiary/aromatic N) is 1. The molecule has 0 aromatic carbocycles. The van der Waals surface area contributed by atoms with Gasteiger partial charge < -0.3 is 5.32 Å². The van der Waals surface area contributed by atoms with Crippen molar-refractivity contribution in [1.82, 2.24) is 10.2 Å². The average molecular weight is 194 g/mol. The second-order valence-electron chi connectivity index (χ2n) is 4.41. The maximum Gasteiger partial charge on any atom is 0.0255 e. The molecule has 0 saturated carbocycles. The van der Waals surface area contributed by atoms with Gasteiger partial charge in [0.15, 0.2) is 0 Å². The summed E-state index contributed by atoms with van der Waals surface area (Å²) in [5.41, 5.74) is 0. The highest BCUT2D eigenvalue weighted by molar-refractivity contribution is 5.02. The van der Waals surface area contributed by atoms with Crippen LogP contribution in [-0.2, 0) is 0 Å². The Morgan fingerprint density at radius 2 is 2.07 bits per heavy atom. The van der Waals surface area contributed by atoms with Gasteiger partial charge in [-0.25, -0.2) is 0 Å². The zero-order valence-electron chi connectivity index (χ0n) is 9.04. The number of piperidine rings is 1. The summed E-state index contributed by atoms with van der Waals surface area (Å²) in [5, 5.41) is 3.32. The summed E-state index contributed by atoms with van der Waals surface area (Å²) in [7, 11) is 0. The predicted molar refractivity (Wildman–Crippen MR) is 59.9 cm³/mol. The number of rotatable bonds is 0. The molecule has 2 heteroatoms. The predicted octanol–water partition coefficient (Wildman–Crippen LogP) is 1.63. The van der Waals surface area contributed by atoms with E-state index in [0.717, 1.165) is 6.04 Å². The van der Waals surface area contributed by atoms with Crippen LogP contribution in [0.5, 0.6) is 0 Å². The molecule has 80 valence electrons. The molecule has 3 fully saturated rings. The summed E-state index contributed by atoms with van der Waals surface area (Å²) in [6.07, 6.45) is 11.5. The summed E-state index contributed by atoms with van der Waals surface area (Å²) >= 11 is 0. The minimum Gasteiger partial charge on any atom is -0.317 e. The Balaban J connectivity index is 0.000000107. The van der Waals surface area contributed by atoms with Crippen molar-refractivity contribution in [3.8, 4) is 0 Å². The van der Waals surface area contributed by atoms with Gasteiger partial charge in [0.2, 0.25) is 0 Å². The third-order valence-electron chi connectivity index (χ3n) is 3.13. The lowest BCUT2D eigenvalue weighted by Gasteiger charge is -2.07.